The van der Waals surface area contributed by atoms with E-state index in [2.05, 4.69) is 40.6 Å². The molecule has 2 aliphatic heterocycles. The predicted octanol–water partition coefficient (Wildman–Crippen LogP) is 9.31. The van der Waals surface area contributed by atoms with Gasteiger partial charge in [-0.3, -0.25) is 9.48 Å². The minimum absolute atomic E-state index is 0.0950. The molecule has 3 aromatic heterocycles. The van der Waals surface area contributed by atoms with Crippen LogP contribution in [-0.2, 0) is 24.8 Å². The molecule has 2 atom stereocenters. The van der Waals surface area contributed by atoms with Crippen LogP contribution in [0.15, 0.2) is 48.7 Å². The monoisotopic (exact) mass is 794 g/mol. The van der Waals surface area contributed by atoms with E-state index >= 15 is 4.79 Å². The minimum Gasteiger partial charge on any atom is -0.494 e. The molecule has 0 unspecified atom stereocenters. The zero-order chi connectivity index (χ0) is 39.6. The van der Waals surface area contributed by atoms with E-state index in [1.165, 1.54) is 7.11 Å². The van der Waals surface area contributed by atoms with Crippen molar-refractivity contribution in [3.05, 3.63) is 98.0 Å². The van der Waals surface area contributed by atoms with Crippen molar-refractivity contribution in [1.82, 2.24) is 24.2 Å². The van der Waals surface area contributed by atoms with Crippen LogP contribution in [0.1, 0.15) is 81.2 Å². The number of nitrogens with zero attached hydrogens (tertiary/aromatic N) is 5. The second kappa shape index (κ2) is 15.0. The third-order valence-electron chi connectivity index (χ3n) is 11.7. The van der Waals surface area contributed by atoms with Gasteiger partial charge in [-0.1, -0.05) is 29.3 Å². The second-order valence-electron chi connectivity index (χ2n) is 15.5. The Balaban J connectivity index is 1.27. The summed E-state index contributed by atoms with van der Waals surface area (Å²) in [5.41, 5.74) is 10.4. The maximum absolute atomic E-state index is 15.4. The molecule has 56 heavy (non-hydrogen) atoms. The molecule has 6 aromatic rings. The topological polar surface area (TPSA) is 95.6 Å². The molecule has 5 heterocycles. The Kier molecular flexibility index (Phi) is 10.2. The minimum atomic E-state index is -0.416. The summed E-state index contributed by atoms with van der Waals surface area (Å²) in [5.74, 6) is 0.263. The number of rotatable bonds is 10. The van der Waals surface area contributed by atoms with Crippen LogP contribution >= 0.6 is 23.2 Å². The van der Waals surface area contributed by atoms with Crippen molar-refractivity contribution < 1.29 is 19.1 Å². The molecular weight excluding hydrogens is 747 g/mol. The third-order valence-corrected chi connectivity index (χ3v) is 12.6. The lowest BCUT2D eigenvalue weighted by molar-refractivity contribution is 0.0600. The van der Waals surface area contributed by atoms with Crippen molar-refractivity contribution in [2.24, 2.45) is 7.05 Å². The number of halogens is 2. The summed E-state index contributed by atoms with van der Waals surface area (Å²) < 4.78 is 17.7. The van der Waals surface area contributed by atoms with Crippen LogP contribution in [0, 0.1) is 27.7 Å². The van der Waals surface area contributed by atoms with Crippen molar-refractivity contribution >= 4 is 62.6 Å². The molecule has 8 rings (SSSR count). The van der Waals surface area contributed by atoms with Gasteiger partial charge in [0.1, 0.15) is 11.4 Å². The zero-order valence-electron chi connectivity index (χ0n) is 33.1. The number of aromatic nitrogens is 4. The van der Waals surface area contributed by atoms with Gasteiger partial charge in [0.05, 0.1) is 46.7 Å². The van der Waals surface area contributed by atoms with Crippen LogP contribution in [0.4, 0.5) is 5.69 Å². The SMILES string of the molecule is COC(=O)c1ccc2c(c1)c(N1C[C@@H](C)n3c(c(CCCOc4cc(C)c(Cl)c(C)c4)c4ccc(Cl)c(-c5c(C)nn(C)c5C)c43)C1=O)cn2C[C@@H]1CCCN1. The molecule has 1 amide bonds. The number of ether oxygens (including phenoxy) is 2. The molecule has 0 saturated carbocycles. The maximum Gasteiger partial charge on any atom is 0.337 e. The van der Waals surface area contributed by atoms with Gasteiger partial charge in [-0.05, 0) is 120 Å². The highest BCUT2D eigenvalue weighted by Crippen LogP contribution is 2.46. The highest BCUT2D eigenvalue weighted by atomic mass is 35.5. The van der Waals surface area contributed by atoms with Gasteiger partial charge < -0.3 is 28.8 Å². The van der Waals surface area contributed by atoms with Crippen molar-refractivity contribution in [3.8, 4) is 16.9 Å². The van der Waals surface area contributed by atoms with E-state index in [9.17, 15) is 4.79 Å². The van der Waals surface area contributed by atoms with Crippen LogP contribution < -0.4 is 15.0 Å². The number of esters is 1. The lowest BCUT2D eigenvalue weighted by Gasteiger charge is -2.34. The Labute approximate surface area is 337 Å². The van der Waals surface area contributed by atoms with E-state index < -0.39 is 5.97 Å². The fourth-order valence-corrected chi connectivity index (χ4v) is 9.33. The van der Waals surface area contributed by atoms with Gasteiger partial charge in [-0.2, -0.15) is 5.10 Å². The first kappa shape index (κ1) is 38.1. The van der Waals surface area contributed by atoms with Gasteiger partial charge in [-0.15, -0.1) is 0 Å². The Morgan fingerprint density at radius 1 is 1.02 bits per heavy atom. The summed E-state index contributed by atoms with van der Waals surface area (Å²) in [5, 5.41) is 11.5. The molecule has 0 radical (unpaired) electrons. The van der Waals surface area contributed by atoms with Crippen molar-refractivity contribution in [1.29, 1.82) is 0 Å². The fourth-order valence-electron chi connectivity index (χ4n) is 8.98. The summed E-state index contributed by atoms with van der Waals surface area (Å²) in [6, 6.07) is 13.8. The second-order valence-corrected chi connectivity index (χ2v) is 16.2. The molecule has 3 aromatic carbocycles. The van der Waals surface area contributed by atoms with E-state index in [0.717, 1.165) is 103 Å². The molecular formula is C44H48Cl2N6O4. The number of amides is 1. The number of hydrogen-bond donors (Lipinski definition) is 1. The number of carbonyl (C=O) groups is 2. The Hall–Kier alpha value is -4.77. The average molecular weight is 796 g/mol. The number of benzene rings is 3. The summed E-state index contributed by atoms with van der Waals surface area (Å²) in [7, 11) is 3.33. The van der Waals surface area contributed by atoms with E-state index in [1.54, 1.807) is 6.07 Å². The summed E-state index contributed by atoms with van der Waals surface area (Å²) in [6.07, 6.45) is 5.58. The number of carbonyl (C=O) groups excluding carboxylic acids is 2. The highest BCUT2D eigenvalue weighted by Gasteiger charge is 2.38. The number of anilines is 1. The first-order chi connectivity index (χ1) is 26.9. The molecule has 2 aliphatic rings. The first-order valence-electron chi connectivity index (χ1n) is 19.4. The highest BCUT2D eigenvalue weighted by molar-refractivity contribution is 6.35. The molecule has 292 valence electrons. The third kappa shape index (κ3) is 6.45. The van der Waals surface area contributed by atoms with E-state index in [-0.39, 0.29) is 11.9 Å². The number of aryl methyl sites for hydroxylation is 5. The normalized spacial score (nSPS) is 17.0. The Bertz CT molecular complexity index is 2520. The quantitative estimate of drug-likeness (QED) is 0.110. The van der Waals surface area contributed by atoms with Gasteiger partial charge >= 0.3 is 5.97 Å². The lowest BCUT2D eigenvalue weighted by Crippen LogP contribution is -2.42. The Morgan fingerprint density at radius 2 is 1.79 bits per heavy atom. The summed E-state index contributed by atoms with van der Waals surface area (Å²) in [4.78, 5) is 30.0. The zero-order valence-corrected chi connectivity index (χ0v) is 34.6. The van der Waals surface area contributed by atoms with Crippen molar-refractivity contribution in [2.75, 3.05) is 31.7 Å². The van der Waals surface area contributed by atoms with Gasteiger partial charge in [0.25, 0.3) is 5.91 Å². The summed E-state index contributed by atoms with van der Waals surface area (Å²) >= 11 is 13.6. The lowest BCUT2D eigenvalue weighted by atomic mass is 9.98. The molecule has 12 heteroatoms. The molecule has 1 fully saturated rings. The molecule has 1 saturated heterocycles. The van der Waals surface area contributed by atoms with Crippen LogP contribution in [-0.4, -0.2) is 63.6 Å². The standard InChI is InChI=1S/C44H48Cl2N6O4/c1-24-18-31(19-25(2)40(24)46)56-17-9-11-32-33-13-14-35(45)39(38-27(4)48-49(6)28(38)5)41(33)52-26(3)21-51(43(53)42(32)52)37-23-50(22-30-10-8-16-47-30)36-15-12-29(20-34(36)37)44(54)55-7/h12-15,18-20,23,26,30,47H,8-11,16-17,21-22H2,1-7H3/t26-,30+/m1/s1. The van der Waals surface area contributed by atoms with Crippen LogP contribution in [0.5, 0.6) is 5.75 Å². The van der Waals surface area contributed by atoms with Gasteiger partial charge in [0.2, 0.25) is 0 Å². The van der Waals surface area contributed by atoms with Gasteiger partial charge in [0, 0.05) is 71.0 Å². The van der Waals surface area contributed by atoms with E-state index in [4.69, 9.17) is 37.8 Å². The van der Waals surface area contributed by atoms with Gasteiger partial charge in [-0.25, -0.2) is 4.79 Å². The predicted molar refractivity (Wildman–Crippen MR) is 224 cm³/mol. The number of methoxy groups -OCH3 is 1. The number of hydrogen-bond acceptors (Lipinski definition) is 6. The average Bonchev–Trinajstić information content (AvgIpc) is 3.95. The van der Waals surface area contributed by atoms with E-state index in [1.807, 2.05) is 67.7 Å². The molecule has 0 bridgehead atoms. The maximum atomic E-state index is 15.4. The van der Waals surface area contributed by atoms with Crippen molar-refractivity contribution in [3.63, 3.8) is 0 Å². The van der Waals surface area contributed by atoms with E-state index in [0.29, 0.717) is 48.3 Å². The molecule has 0 spiro atoms. The fraction of sp³-hybridized carbons (Fsp3) is 0.386. The Morgan fingerprint density at radius 3 is 2.46 bits per heavy atom. The number of fused-ring (bicyclic) bond motifs is 4. The molecule has 1 N–H and O–H groups in total. The van der Waals surface area contributed by atoms with Crippen LogP contribution in [0.25, 0.3) is 32.9 Å². The molecule has 0 aliphatic carbocycles. The van der Waals surface area contributed by atoms with Crippen LogP contribution in [0.2, 0.25) is 10.0 Å². The smallest absolute Gasteiger partial charge is 0.337 e. The summed E-state index contributed by atoms with van der Waals surface area (Å²) in [6.45, 7) is 12.8. The van der Waals surface area contributed by atoms with Gasteiger partial charge in [0.15, 0.2) is 0 Å². The number of nitrogens with one attached hydrogen (secondary N) is 1. The largest absolute Gasteiger partial charge is 0.494 e. The van der Waals surface area contributed by atoms with Crippen LogP contribution in [0.3, 0.4) is 0 Å². The first-order valence-corrected chi connectivity index (χ1v) is 20.1. The van der Waals surface area contributed by atoms with Crippen molar-refractivity contribution in [2.45, 2.75) is 78.9 Å². The molecule has 10 nitrogen and oxygen atoms in total.